The van der Waals surface area contributed by atoms with Gasteiger partial charge in [-0.1, -0.05) is 0 Å². The van der Waals surface area contributed by atoms with Crippen LogP contribution < -0.4 is 0 Å². The Hall–Kier alpha value is 1.06. The molecule has 72 valence electrons. The topological polar surface area (TPSA) is 6.48 Å². The van der Waals surface area contributed by atoms with Crippen LogP contribution in [0.15, 0.2) is 0 Å². The first-order valence-electron chi connectivity index (χ1n) is 4.91. The van der Waals surface area contributed by atoms with Gasteiger partial charge in [0.15, 0.2) is 0 Å². The molecule has 0 spiro atoms. The van der Waals surface area contributed by atoms with E-state index in [1.54, 1.807) is 0 Å². The van der Waals surface area contributed by atoms with E-state index in [0.29, 0.717) is 0 Å². The van der Waals surface area contributed by atoms with Gasteiger partial charge < -0.3 is 0 Å². The van der Waals surface area contributed by atoms with Crippen LogP contribution in [0, 0.1) is 0 Å². The van der Waals surface area contributed by atoms with E-state index < -0.39 is 33.2 Å². The van der Waals surface area contributed by atoms with Crippen LogP contribution in [-0.2, 0) is 0 Å². The van der Waals surface area contributed by atoms with Crippen molar-refractivity contribution in [2.45, 2.75) is 52.9 Å². The van der Waals surface area contributed by atoms with Crippen molar-refractivity contribution in [2.24, 2.45) is 0 Å². The molecule has 4 heteroatoms. The SMILES string of the molecule is CC(C)[N]1[PbH2][N](C(C)C)[Si]1(C)C. The van der Waals surface area contributed by atoms with E-state index >= 15 is 0 Å². The van der Waals surface area contributed by atoms with Gasteiger partial charge in [-0.05, 0) is 0 Å². The van der Waals surface area contributed by atoms with Crippen molar-refractivity contribution in [3.05, 3.63) is 0 Å². The zero-order valence-electron chi connectivity index (χ0n) is 9.26. The Balaban J connectivity index is 2.59. The zero-order valence-corrected chi connectivity index (χ0v) is 15.8. The fourth-order valence-electron chi connectivity index (χ4n) is 2.19. The number of hydrogen-bond acceptors (Lipinski definition) is 2. The van der Waals surface area contributed by atoms with Gasteiger partial charge in [-0.25, -0.2) is 0 Å². The van der Waals surface area contributed by atoms with E-state index in [1.165, 1.54) is 0 Å². The molecule has 1 saturated heterocycles. The maximum atomic E-state index is 2.88. The van der Waals surface area contributed by atoms with Crippen molar-refractivity contribution in [2.75, 3.05) is 0 Å². The van der Waals surface area contributed by atoms with Gasteiger partial charge >= 0.3 is 90.9 Å². The van der Waals surface area contributed by atoms with Crippen LogP contribution in [0.25, 0.3) is 0 Å². The van der Waals surface area contributed by atoms with Crippen molar-refractivity contribution < 1.29 is 0 Å². The molecule has 0 saturated carbocycles. The standard InChI is InChI=1S/C8H20N2Si.Pb.2H/c1-7(2)9-11(5,6)10-8(3)4;;;/h7-8H,1-6H3;;;/q-2;+2;;. The number of nitrogens with zero attached hydrogens (tertiary/aromatic N) is 2. The second-order valence-electron chi connectivity index (χ2n) is 4.76. The summed E-state index contributed by atoms with van der Waals surface area (Å²) in [7, 11) is -1.07. The first kappa shape index (κ1) is 11.1. The molecule has 0 amide bonds. The molecule has 0 bridgehead atoms. The Kier molecular flexibility index (Phi) is 3.40. The van der Waals surface area contributed by atoms with Crippen molar-refractivity contribution in [1.82, 2.24) is 4.75 Å². The monoisotopic (exact) mass is 382 g/mol. The molecule has 0 aromatic rings. The van der Waals surface area contributed by atoms with Crippen LogP contribution in [0.1, 0.15) is 27.7 Å². The molecule has 0 N–H and O–H groups in total. The van der Waals surface area contributed by atoms with E-state index in [1.807, 2.05) is 0 Å². The first-order valence-corrected chi connectivity index (χ1v) is 12.7. The Morgan fingerprint density at radius 1 is 0.917 bits per heavy atom. The fourth-order valence-corrected chi connectivity index (χ4v) is 20.8. The van der Waals surface area contributed by atoms with Crippen molar-refractivity contribution in [1.29, 1.82) is 0 Å². The third kappa shape index (κ3) is 1.78. The van der Waals surface area contributed by atoms with Gasteiger partial charge in [-0.15, -0.1) is 0 Å². The molecule has 1 fully saturated rings. The second-order valence-corrected chi connectivity index (χ2v) is 20.2. The summed E-state index contributed by atoms with van der Waals surface area (Å²) in [5.41, 5.74) is 0. The average Bonchev–Trinajstić information content (AvgIpc) is 1.83. The van der Waals surface area contributed by atoms with Gasteiger partial charge in [0.05, 0.1) is 0 Å². The first-order chi connectivity index (χ1) is 5.37. The maximum absolute atomic E-state index is 2.88. The Bertz CT molecular complexity index is 154. The van der Waals surface area contributed by atoms with Crippen molar-refractivity contribution in [3.8, 4) is 0 Å². The summed E-state index contributed by atoms with van der Waals surface area (Å²) in [5, 5.41) is 0. The summed E-state index contributed by atoms with van der Waals surface area (Å²) in [6.45, 7) is 14.4. The summed E-state index contributed by atoms with van der Waals surface area (Å²) in [5.74, 6) is 0. The molecule has 0 unspecified atom stereocenters. The zero-order chi connectivity index (χ0) is 9.52. The Morgan fingerprint density at radius 2 is 1.25 bits per heavy atom. The van der Waals surface area contributed by atoms with Gasteiger partial charge in [-0.3, -0.25) is 0 Å². The van der Waals surface area contributed by atoms with Gasteiger partial charge in [-0.2, -0.15) is 0 Å². The number of hydrogen-bond donors (Lipinski definition) is 0. The van der Waals surface area contributed by atoms with Gasteiger partial charge in [0.25, 0.3) is 0 Å². The fraction of sp³-hybridized carbons (Fsp3) is 1.00. The molecule has 1 aliphatic rings. The summed E-state index contributed by atoms with van der Waals surface area (Å²) in [4.78, 5) is 0. The normalized spacial score (nSPS) is 25.0. The van der Waals surface area contributed by atoms with Crippen LogP contribution in [0.3, 0.4) is 0 Å². The molecule has 2 nitrogen and oxygen atoms in total. The predicted molar refractivity (Wildman–Crippen MR) is 60.0 cm³/mol. The molecule has 1 aliphatic heterocycles. The van der Waals surface area contributed by atoms with E-state index in [4.69, 9.17) is 0 Å². The van der Waals surface area contributed by atoms with Crippen LogP contribution in [0.4, 0.5) is 0 Å². The molecule has 0 aromatic carbocycles. The Labute approximate surface area is 90.5 Å². The molecule has 0 radical (unpaired) electrons. The molecule has 0 aliphatic carbocycles. The van der Waals surface area contributed by atoms with Crippen molar-refractivity contribution in [3.63, 3.8) is 0 Å². The number of rotatable bonds is 2. The summed E-state index contributed by atoms with van der Waals surface area (Å²) in [6, 6.07) is 1.65. The van der Waals surface area contributed by atoms with E-state index in [-0.39, 0.29) is 0 Å². The quantitative estimate of drug-likeness (QED) is 0.662. The molecule has 1 rings (SSSR count). The molecular weight excluding hydrogens is 359 g/mol. The minimum absolute atomic E-state index is 0.774. The molecule has 12 heavy (non-hydrogen) atoms. The third-order valence-electron chi connectivity index (χ3n) is 2.96. The van der Waals surface area contributed by atoms with Crippen LogP contribution >= 0.6 is 0 Å². The van der Waals surface area contributed by atoms with Gasteiger partial charge in [0, 0.05) is 0 Å². The van der Waals surface area contributed by atoms with Crippen LogP contribution in [0.2, 0.25) is 13.1 Å². The van der Waals surface area contributed by atoms with E-state index in [2.05, 4.69) is 45.5 Å². The van der Waals surface area contributed by atoms with Crippen molar-refractivity contribution >= 4 is 33.2 Å². The average molecular weight is 382 g/mol. The van der Waals surface area contributed by atoms with E-state index in [0.717, 1.165) is 12.1 Å². The van der Waals surface area contributed by atoms with E-state index in [9.17, 15) is 0 Å². The van der Waals surface area contributed by atoms with Gasteiger partial charge in [0.1, 0.15) is 0 Å². The third-order valence-corrected chi connectivity index (χ3v) is 35.4. The summed E-state index contributed by atoms with van der Waals surface area (Å²) < 4.78 is 5.76. The summed E-state index contributed by atoms with van der Waals surface area (Å²) >= 11 is -0.774. The van der Waals surface area contributed by atoms with Gasteiger partial charge in [0.2, 0.25) is 0 Å². The molecule has 0 atom stereocenters. The van der Waals surface area contributed by atoms with Crippen LogP contribution in [0.5, 0.6) is 0 Å². The predicted octanol–water partition coefficient (Wildman–Crippen LogP) is 1.12. The molecular formula is C8H22N2PbSi. The molecule has 1 heterocycles. The minimum atomic E-state index is -1.07. The van der Waals surface area contributed by atoms with Crippen LogP contribution in [-0.4, -0.2) is 50.1 Å². The Morgan fingerprint density at radius 3 is 1.42 bits per heavy atom. The second kappa shape index (κ2) is 3.67. The molecule has 0 aromatic heterocycles. The summed E-state index contributed by atoms with van der Waals surface area (Å²) in [6.07, 6.45) is 0.